The zero-order chi connectivity index (χ0) is 7.98. The molecule has 0 aromatic rings. The molecule has 10 heavy (non-hydrogen) atoms. The third-order valence-corrected chi connectivity index (χ3v) is 1.60. The van der Waals surface area contributed by atoms with Gasteiger partial charge in [-0.05, 0) is 13.3 Å². The summed E-state index contributed by atoms with van der Waals surface area (Å²) in [7, 11) is 1.14. The normalized spacial score (nSPS) is 13.6. The van der Waals surface area contributed by atoms with Crippen LogP contribution in [0.5, 0.6) is 0 Å². The molecule has 0 aliphatic rings. The SMILES string of the molecule is CC=C(C)BC(C)=CCC. The fraction of sp³-hybridized carbons (Fsp3) is 0.556. The third kappa shape index (κ3) is 4.43. The van der Waals surface area contributed by atoms with E-state index in [4.69, 9.17) is 0 Å². The van der Waals surface area contributed by atoms with Crippen LogP contribution in [0.4, 0.5) is 0 Å². The van der Waals surface area contributed by atoms with Crippen molar-refractivity contribution >= 4 is 7.28 Å². The zero-order valence-electron chi connectivity index (χ0n) is 7.57. The average molecular weight is 136 g/mol. The van der Waals surface area contributed by atoms with E-state index in [-0.39, 0.29) is 0 Å². The Balaban J connectivity index is 3.79. The Morgan fingerprint density at radius 1 is 1.30 bits per heavy atom. The molecule has 0 spiro atoms. The van der Waals surface area contributed by atoms with Crippen molar-refractivity contribution in [2.75, 3.05) is 0 Å². The molecular formula is C9H17B. The highest BCUT2D eigenvalue weighted by Gasteiger charge is 1.92. The lowest BCUT2D eigenvalue weighted by Crippen LogP contribution is -1.94. The summed E-state index contributed by atoms with van der Waals surface area (Å²) in [6.07, 6.45) is 5.61. The maximum absolute atomic E-state index is 2.28. The molecule has 0 rings (SSSR count). The molecule has 56 valence electrons. The first-order valence-electron chi connectivity index (χ1n) is 3.98. The van der Waals surface area contributed by atoms with Gasteiger partial charge in [0.2, 0.25) is 0 Å². The van der Waals surface area contributed by atoms with E-state index >= 15 is 0 Å². The van der Waals surface area contributed by atoms with Crippen LogP contribution in [0.1, 0.15) is 34.1 Å². The summed E-state index contributed by atoms with van der Waals surface area (Å²) >= 11 is 0. The number of allylic oxidation sites excluding steroid dienone is 4. The van der Waals surface area contributed by atoms with E-state index in [1.165, 1.54) is 10.9 Å². The van der Waals surface area contributed by atoms with Crippen LogP contribution >= 0.6 is 0 Å². The van der Waals surface area contributed by atoms with Crippen molar-refractivity contribution in [3.8, 4) is 0 Å². The molecule has 0 bridgehead atoms. The van der Waals surface area contributed by atoms with Crippen molar-refractivity contribution in [1.82, 2.24) is 0 Å². The minimum Gasteiger partial charge on any atom is -0.107 e. The molecule has 0 aliphatic carbocycles. The Morgan fingerprint density at radius 3 is 2.30 bits per heavy atom. The van der Waals surface area contributed by atoms with Crippen molar-refractivity contribution in [2.24, 2.45) is 0 Å². The lowest BCUT2D eigenvalue weighted by atomic mass is 9.63. The maximum Gasteiger partial charge on any atom is 0.180 e. The Labute approximate surface area is 65.3 Å². The van der Waals surface area contributed by atoms with Gasteiger partial charge in [0.15, 0.2) is 7.28 Å². The molecule has 0 aliphatic heterocycles. The molecule has 0 saturated carbocycles. The molecule has 0 aromatic carbocycles. The molecule has 0 nitrogen and oxygen atoms in total. The summed E-state index contributed by atoms with van der Waals surface area (Å²) < 4.78 is 0. The highest BCUT2D eigenvalue weighted by molar-refractivity contribution is 6.53. The number of hydrogen-bond acceptors (Lipinski definition) is 0. The van der Waals surface area contributed by atoms with E-state index in [9.17, 15) is 0 Å². The van der Waals surface area contributed by atoms with Crippen LogP contribution in [0.15, 0.2) is 23.1 Å². The van der Waals surface area contributed by atoms with Crippen molar-refractivity contribution in [3.63, 3.8) is 0 Å². The first-order valence-corrected chi connectivity index (χ1v) is 3.98. The van der Waals surface area contributed by atoms with Crippen LogP contribution in [0.2, 0.25) is 0 Å². The molecule has 0 radical (unpaired) electrons. The molecule has 0 aromatic heterocycles. The second-order valence-corrected chi connectivity index (χ2v) is 2.77. The van der Waals surface area contributed by atoms with Crippen LogP contribution in [0.3, 0.4) is 0 Å². The Kier molecular flexibility index (Phi) is 5.10. The molecule has 0 amide bonds. The Hall–Kier alpha value is -0.455. The molecule has 0 atom stereocenters. The Bertz CT molecular complexity index is 143. The van der Waals surface area contributed by atoms with Gasteiger partial charge in [0.1, 0.15) is 0 Å². The zero-order valence-corrected chi connectivity index (χ0v) is 7.57. The van der Waals surface area contributed by atoms with E-state index in [1.807, 2.05) is 0 Å². The quantitative estimate of drug-likeness (QED) is 0.523. The second-order valence-electron chi connectivity index (χ2n) is 2.77. The fourth-order valence-corrected chi connectivity index (χ4v) is 0.963. The predicted molar refractivity (Wildman–Crippen MR) is 50.6 cm³/mol. The highest BCUT2D eigenvalue weighted by Crippen LogP contribution is 1.99. The van der Waals surface area contributed by atoms with Gasteiger partial charge in [0.25, 0.3) is 0 Å². The summed E-state index contributed by atoms with van der Waals surface area (Å²) in [6.45, 7) is 8.63. The molecular weight excluding hydrogens is 119 g/mol. The maximum atomic E-state index is 2.28. The summed E-state index contributed by atoms with van der Waals surface area (Å²) in [5, 5.41) is 0. The molecule has 0 unspecified atom stereocenters. The van der Waals surface area contributed by atoms with Gasteiger partial charge in [-0.3, -0.25) is 0 Å². The van der Waals surface area contributed by atoms with E-state index in [2.05, 4.69) is 39.8 Å². The summed E-state index contributed by atoms with van der Waals surface area (Å²) in [5.41, 5.74) is 2.94. The van der Waals surface area contributed by atoms with Gasteiger partial charge in [-0.2, -0.15) is 0 Å². The number of hydrogen-bond donors (Lipinski definition) is 0. The molecule has 0 heterocycles. The van der Waals surface area contributed by atoms with Gasteiger partial charge in [0, 0.05) is 0 Å². The summed E-state index contributed by atoms with van der Waals surface area (Å²) in [5.74, 6) is 0. The van der Waals surface area contributed by atoms with Crippen molar-refractivity contribution in [2.45, 2.75) is 34.1 Å². The minimum absolute atomic E-state index is 1.14. The predicted octanol–water partition coefficient (Wildman–Crippen LogP) is 2.66. The van der Waals surface area contributed by atoms with Crippen LogP contribution in [-0.4, -0.2) is 7.28 Å². The van der Waals surface area contributed by atoms with Crippen LogP contribution in [0, 0.1) is 0 Å². The molecule has 0 saturated heterocycles. The second kappa shape index (κ2) is 5.34. The van der Waals surface area contributed by atoms with Crippen molar-refractivity contribution in [1.29, 1.82) is 0 Å². The van der Waals surface area contributed by atoms with Gasteiger partial charge in [-0.25, -0.2) is 0 Å². The van der Waals surface area contributed by atoms with E-state index in [0.29, 0.717) is 0 Å². The van der Waals surface area contributed by atoms with E-state index in [1.54, 1.807) is 0 Å². The smallest absolute Gasteiger partial charge is 0.107 e. The van der Waals surface area contributed by atoms with E-state index in [0.717, 1.165) is 13.7 Å². The standard InChI is InChI=1S/C9H17B/c1-5-7-9(4)10-8(3)6-2/h6-7,10H,5H2,1-4H3. The molecule has 0 fully saturated rings. The van der Waals surface area contributed by atoms with Crippen molar-refractivity contribution < 1.29 is 0 Å². The van der Waals surface area contributed by atoms with E-state index < -0.39 is 0 Å². The van der Waals surface area contributed by atoms with Crippen LogP contribution in [0.25, 0.3) is 0 Å². The van der Waals surface area contributed by atoms with Gasteiger partial charge < -0.3 is 0 Å². The highest BCUT2D eigenvalue weighted by atomic mass is 13.8. The van der Waals surface area contributed by atoms with Gasteiger partial charge >= 0.3 is 0 Å². The third-order valence-electron chi connectivity index (χ3n) is 1.60. The van der Waals surface area contributed by atoms with Gasteiger partial charge in [-0.1, -0.05) is 32.9 Å². The average Bonchev–Trinajstić information content (AvgIpc) is 1.88. The largest absolute Gasteiger partial charge is 0.180 e. The minimum atomic E-state index is 1.14. The lowest BCUT2D eigenvalue weighted by Gasteiger charge is -1.96. The number of rotatable bonds is 3. The Morgan fingerprint density at radius 2 is 1.90 bits per heavy atom. The first kappa shape index (κ1) is 9.54. The van der Waals surface area contributed by atoms with Crippen molar-refractivity contribution in [3.05, 3.63) is 23.1 Å². The molecule has 1 heteroatoms. The first-order chi connectivity index (χ1) is 4.70. The van der Waals surface area contributed by atoms with Crippen LogP contribution < -0.4 is 0 Å². The monoisotopic (exact) mass is 136 g/mol. The van der Waals surface area contributed by atoms with Crippen LogP contribution in [-0.2, 0) is 0 Å². The van der Waals surface area contributed by atoms with Gasteiger partial charge in [0.05, 0.1) is 0 Å². The lowest BCUT2D eigenvalue weighted by molar-refractivity contribution is 1.21. The molecule has 0 N–H and O–H groups in total. The fourth-order valence-electron chi connectivity index (χ4n) is 0.963. The topological polar surface area (TPSA) is 0 Å². The summed E-state index contributed by atoms with van der Waals surface area (Å²) in [6, 6.07) is 0. The van der Waals surface area contributed by atoms with Gasteiger partial charge in [-0.15, -0.1) is 10.9 Å². The summed E-state index contributed by atoms with van der Waals surface area (Å²) in [4.78, 5) is 0.